The number of aliphatic carboxylic acids is 2. The highest BCUT2D eigenvalue weighted by Crippen LogP contribution is 2.28. The number of carboxylic acids is 2. The standard InChI is InChI=1S/C13H17F3N2O.C10H16F3NO4.C8H11N.2C5H8F3NO2.C5H10F3NO.C4H7F3O2.CH5N.3CH4.I2/c1-3-9-4-6-10(7-5-9)18-12(19)8-11(17-2)13(14,15)16;1-4-17-8(15)6(9(16)18-5-2)7(14-3)10(11,12)13;1-2-7-3-5-8(9)6-4-7;2*1-9-3(2-4(10)11)5(6,7)8;1-3-10-4(9-2)5(6,7)8;1-2-9-3(8)4(5,6)7;1-2;;;;1-2/h4-7,11,17H,3,8H2,1-2H3,(H,18,19);6-7,14H,4-5H2,1-3H3;3-6H,2,9H2,1H3;2*3,9H,2H2,1H3,(H,10,11);4,9H,3H2,1-2H3;3,8H,2H2,1H3;2H2,1H3;3*1H4;. The normalized spacial score (nSPS) is 12.8. The number of nitrogens with two attached hydrogens (primary N) is 2. The third kappa shape index (κ3) is 58.8. The summed E-state index contributed by atoms with van der Waals surface area (Å²) in [7, 11) is 7.03. The van der Waals surface area contributed by atoms with Crippen molar-refractivity contribution in [3.8, 4) is 0 Å². The molecule has 1 amide bonds. The minimum atomic E-state index is -4.76. The highest BCUT2D eigenvalue weighted by molar-refractivity contribution is 15.0. The molecule has 20 nitrogen and oxygen atoms in total. The Morgan fingerprint density at radius 1 is 0.468 bits per heavy atom. The minimum absolute atomic E-state index is 0. The van der Waals surface area contributed by atoms with Crippen LogP contribution in [0.2, 0.25) is 0 Å². The monoisotopic (exact) mass is 1640 g/mol. The Morgan fingerprint density at radius 2 is 0.787 bits per heavy atom. The predicted molar refractivity (Wildman–Crippen MR) is 339 cm³/mol. The van der Waals surface area contributed by atoms with Gasteiger partial charge in [-0.2, -0.15) is 79.0 Å². The number of carbonyl (C=O) groups is 5. The summed E-state index contributed by atoms with van der Waals surface area (Å²) in [6, 6.07) is 6.89. The summed E-state index contributed by atoms with van der Waals surface area (Å²) < 4.78 is 232. The summed E-state index contributed by atoms with van der Waals surface area (Å²) in [6.45, 7) is 9.52. The van der Waals surface area contributed by atoms with Crippen LogP contribution in [-0.4, -0.2) is 188 Å². The molecule has 6 atom stereocenters. The number of ether oxygens (including phenoxy) is 4. The first-order valence-corrected chi connectivity index (χ1v) is 32.4. The van der Waals surface area contributed by atoms with Crippen molar-refractivity contribution in [1.82, 2.24) is 26.6 Å². The minimum Gasteiger partial charge on any atom is -0.481 e. The Labute approximate surface area is 560 Å². The molecule has 40 heteroatoms. The molecule has 0 spiro atoms. The molecule has 0 saturated heterocycles. The number of benzene rings is 2. The Bertz CT molecular complexity index is 2130. The lowest BCUT2D eigenvalue weighted by molar-refractivity contribution is -0.292. The predicted octanol–water partition coefficient (Wildman–Crippen LogP) is 11.9. The topological polar surface area (TPSA) is 307 Å². The number of nitrogens with one attached hydrogen (secondary N) is 6. The largest absolute Gasteiger partial charge is 0.481 e. The number of halogens is 20. The van der Waals surface area contributed by atoms with Crippen LogP contribution in [-0.2, 0) is 55.8 Å². The van der Waals surface area contributed by atoms with E-state index in [1.165, 1.54) is 54.4 Å². The lowest BCUT2D eigenvalue weighted by Gasteiger charge is -2.25. The number of nitrogen functional groups attached to an aromatic ring is 1. The van der Waals surface area contributed by atoms with Crippen molar-refractivity contribution in [2.75, 3.05) is 79.8 Å². The van der Waals surface area contributed by atoms with E-state index >= 15 is 0 Å². The van der Waals surface area contributed by atoms with Gasteiger partial charge >= 0.3 is 60.9 Å². The van der Waals surface area contributed by atoms with Crippen molar-refractivity contribution < 1.29 is 137 Å². The molecule has 0 aliphatic carbocycles. The maximum absolute atomic E-state index is 12.7. The fourth-order valence-corrected chi connectivity index (χ4v) is 5.58. The van der Waals surface area contributed by atoms with Gasteiger partial charge in [0.05, 0.1) is 32.5 Å². The van der Waals surface area contributed by atoms with E-state index in [0.29, 0.717) is 5.69 Å². The fraction of sp³-hybridized carbons (Fsp3) is 0.685. The van der Waals surface area contributed by atoms with Gasteiger partial charge in [-0.05, 0) is 118 Å². The van der Waals surface area contributed by atoms with Gasteiger partial charge in [-0.25, -0.2) is 0 Å². The van der Waals surface area contributed by atoms with Gasteiger partial charge < -0.3 is 72.3 Å². The van der Waals surface area contributed by atoms with Crippen LogP contribution in [0.4, 0.5) is 90.4 Å². The molecular weight excluding hydrogens is 1550 g/mol. The van der Waals surface area contributed by atoms with Crippen LogP contribution in [0.1, 0.15) is 94.2 Å². The SMILES string of the molecule is C.C.C.CCOC(=O)C(C(=O)OCC)C(NC)C(F)(F)F.CCOC(NC)C(F)(F)F.CCOC(O)C(F)(F)F.CCc1ccc(N)cc1.CCc1ccc(NC(=O)CC(NC)C(F)(F)F)cc1.CN.CNC(CC(=O)O)C(F)(F)F.CNC(CC(=O)O)C(F)(F)F.II. The number of hydrogen-bond acceptors (Lipinski definition) is 17. The number of carbonyl (C=O) groups excluding carboxylic acids is 3. The van der Waals surface area contributed by atoms with Gasteiger partial charge in [-0.3, -0.25) is 29.3 Å². The van der Waals surface area contributed by atoms with E-state index in [-0.39, 0.29) is 48.7 Å². The number of hydrogen-bond donors (Lipinski definition) is 11. The van der Waals surface area contributed by atoms with Crippen LogP contribution in [0, 0.1) is 5.92 Å². The van der Waals surface area contributed by atoms with Gasteiger partial charge in [0, 0.05) is 61.8 Å². The molecule has 2 aromatic rings. The molecule has 562 valence electrons. The number of anilines is 2. The average Bonchev–Trinajstić information content (AvgIpc) is 0.849. The molecule has 0 aliphatic heterocycles. The van der Waals surface area contributed by atoms with E-state index in [2.05, 4.69) is 91.6 Å². The van der Waals surface area contributed by atoms with Gasteiger partial charge in [0.15, 0.2) is 5.92 Å². The second kappa shape index (κ2) is 59.7. The summed E-state index contributed by atoms with van der Waals surface area (Å²) in [5.74, 6) is -8.18. The molecule has 0 saturated carbocycles. The summed E-state index contributed by atoms with van der Waals surface area (Å²) in [5, 5.41) is 36.3. The van der Waals surface area contributed by atoms with Crippen LogP contribution in [0.3, 0.4) is 0 Å². The zero-order valence-corrected chi connectivity index (χ0v) is 55.6. The van der Waals surface area contributed by atoms with Crippen LogP contribution in [0.15, 0.2) is 48.5 Å². The van der Waals surface area contributed by atoms with E-state index in [0.717, 1.165) is 45.2 Å². The summed E-state index contributed by atoms with van der Waals surface area (Å²) in [4.78, 5) is 54.2. The van der Waals surface area contributed by atoms with E-state index in [4.69, 9.17) is 21.1 Å². The zero-order valence-electron chi connectivity index (χ0n) is 51.3. The van der Waals surface area contributed by atoms with E-state index in [9.17, 15) is 103 Å². The van der Waals surface area contributed by atoms with Gasteiger partial charge in [0.2, 0.25) is 12.1 Å². The highest BCUT2D eigenvalue weighted by Gasteiger charge is 2.52. The maximum atomic E-state index is 12.7. The quantitative estimate of drug-likeness (QED) is 0.0123. The third-order valence-electron chi connectivity index (χ3n) is 9.99. The van der Waals surface area contributed by atoms with Gasteiger partial charge in [-0.15, -0.1) is 0 Å². The van der Waals surface area contributed by atoms with E-state index in [1.807, 2.05) is 52.5 Å². The molecule has 13 N–H and O–H groups in total. The highest BCUT2D eigenvalue weighted by atomic mass is 128. The van der Waals surface area contributed by atoms with Crippen molar-refractivity contribution in [1.29, 1.82) is 0 Å². The number of aryl methyl sites for hydroxylation is 2. The first-order chi connectivity index (χ1) is 41.7. The first-order valence-electron chi connectivity index (χ1n) is 26.1. The molecule has 2 rings (SSSR count). The molecule has 2 aromatic carbocycles. The lowest BCUT2D eigenvalue weighted by atomic mass is 9.99. The first kappa shape index (κ1) is 111. The summed E-state index contributed by atoms with van der Waals surface area (Å²) in [6.07, 6.45) is -32.2. The third-order valence-corrected chi connectivity index (χ3v) is 9.99. The van der Waals surface area contributed by atoms with Gasteiger partial charge in [0.1, 0.15) is 24.2 Å². The van der Waals surface area contributed by atoms with Crippen molar-refractivity contribution in [2.45, 2.75) is 170 Å². The van der Waals surface area contributed by atoms with Crippen LogP contribution in [0.25, 0.3) is 0 Å². The van der Waals surface area contributed by atoms with Gasteiger partial charge in [-0.1, -0.05) is 60.4 Å². The second-order valence-corrected chi connectivity index (χ2v) is 16.5. The van der Waals surface area contributed by atoms with Crippen LogP contribution in [0.5, 0.6) is 0 Å². The average molecular weight is 1640 g/mol. The van der Waals surface area contributed by atoms with Crippen molar-refractivity contribution in [2.24, 2.45) is 11.7 Å². The van der Waals surface area contributed by atoms with Crippen molar-refractivity contribution in [3.63, 3.8) is 0 Å². The number of aliphatic hydroxyl groups excluding tert-OH is 1. The Morgan fingerprint density at radius 3 is 0.979 bits per heavy atom. The molecule has 0 aliphatic rings. The molecule has 0 aromatic heterocycles. The summed E-state index contributed by atoms with van der Waals surface area (Å²) in [5.41, 5.74) is 13.8. The molecule has 94 heavy (non-hydrogen) atoms. The van der Waals surface area contributed by atoms with E-state index in [1.54, 1.807) is 12.1 Å². The summed E-state index contributed by atoms with van der Waals surface area (Å²) >= 11 is 4.24. The van der Waals surface area contributed by atoms with E-state index < -0.39 is 129 Å². The van der Waals surface area contributed by atoms with Crippen LogP contribution >= 0.6 is 37.2 Å². The number of carboxylic acid groups (broad SMARTS) is 2. The molecule has 6 unspecified atom stereocenters. The molecular formula is C54H94F18I2N8O12. The lowest BCUT2D eigenvalue weighted by Crippen LogP contribution is -2.52. The number of aliphatic hydroxyl groups is 1. The number of alkyl halides is 18. The maximum Gasteiger partial charge on any atom is 0.439 e. The Kier molecular flexibility index (Phi) is 70.4. The van der Waals surface area contributed by atoms with Crippen LogP contribution < -0.4 is 43.4 Å². The molecule has 0 bridgehead atoms. The second-order valence-electron chi connectivity index (χ2n) is 16.5. The Balaban J connectivity index is -0.000000110. The number of rotatable bonds is 23. The number of amides is 1. The fourth-order valence-electron chi connectivity index (χ4n) is 5.58. The van der Waals surface area contributed by atoms with Crippen molar-refractivity contribution >= 4 is 78.4 Å². The number of esters is 2. The Hall–Kier alpha value is -4.57. The smallest absolute Gasteiger partial charge is 0.439 e. The zero-order chi connectivity index (χ0) is 73.3. The molecule has 0 radical (unpaired) electrons. The molecule has 0 heterocycles. The van der Waals surface area contributed by atoms with Gasteiger partial charge in [0.25, 0.3) is 6.29 Å². The molecule has 0 fully saturated rings. The van der Waals surface area contributed by atoms with Crippen molar-refractivity contribution in [3.05, 3.63) is 59.7 Å².